The van der Waals surface area contributed by atoms with E-state index in [2.05, 4.69) is 10.0 Å². The number of hydrogen-bond donors (Lipinski definition) is 3. The number of benzene rings is 3. The van der Waals surface area contributed by atoms with Crippen molar-refractivity contribution in [3.8, 4) is 5.75 Å². The number of carbonyl (C=O) groups excluding carboxylic acids is 2. The van der Waals surface area contributed by atoms with Gasteiger partial charge in [-0.05, 0) is 43.3 Å². The summed E-state index contributed by atoms with van der Waals surface area (Å²) in [4.78, 5) is 24.4. The zero-order valence-electron chi connectivity index (χ0n) is 17.1. The normalized spacial score (nSPS) is 11.1. The van der Waals surface area contributed by atoms with Crippen molar-refractivity contribution in [1.82, 2.24) is 0 Å². The predicted octanol–water partition coefficient (Wildman–Crippen LogP) is 4.76. The monoisotopic (exact) mass is 472 g/mol. The number of rotatable bonds is 8. The second-order valence-corrected chi connectivity index (χ2v) is 9.25. The van der Waals surface area contributed by atoms with Crippen molar-refractivity contribution in [2.75, 3.05) is 10.0 Å². The highest BCUT2D eigenvalue weighted by Crippen LogP contribution is 2.28. The van der Waals surface area contributed by atoms with Crippen LogP contribution in [0, 0.1) is 6.92 Å². The van der Waals surface area contributed by atoms with Gasteiger partial charge in [0.1, 0.15) is 5.75 Å². The third-order valence-electron chi connectivity index (χ3n) is 4.58. The Morgan fingerprint density at radius 2 is 1.69 bits per heavy atom. The first kappa shape index (κ1) is 23.3. The van der Waals surface area contributed by atoms with E-state index in [-0.39, 0.29) is 40.6 Å². The predicted molar refractivity (Wildman–Crippen MR) is 124 cm³/mol. The van der Waals surface area contributed by atoms with Crippen molar-refractivity contribution in [2.45, 2.75) is 24.7 Å². The molecular formula is C23H21ClN2O5S. The average molecular weight is 473 g/mol. The van der Waals surface area contributed by atoms with Crippen molar-refractivity contribution in [2.24, 2.45) is 0 Å². The van der Waals surface area contributed by atoms with Gasteiger partial charge in [-0.2, -0.15) is 0 Å². The fourth-order valence-electron chi connectivity index (χ4n) is 2.87. The third kappa shape index (κ3) is 6.09. The summed E-state index contributed by atoms with van der Waals surface area (Å²) in [5, 5.41) is 12.9. The van der Waals surface area contributed by atoms with Crippen LogP contribution in [0.2, 0.25) is 5.02 Å². The largest absolute Gasteiger partial charge is 0.506 e. The van der Waals surface area contributed by atoms with Crippen molar-refractivity contribution >= 4 is 44.7 Å². The molecule has 3 aromatic rings. The van der Waals surface area contributed by atoms with E-state index in [0.717, 1.165) is 11.6 Å². The third-order valence-corrected chi connectivity index (χ3v) is 6.20. The number of Topliss-reactive ketones (excluding diaryl/α,β-unsaturated/α-hetero) is 1. The Morgan fingerprint density at radius 1 is 0.969 bits per heavy atom. The van der Waals surface area contributed by atoms with Gasteiger partial charge in [0.2, 0.25) is 5.91 Å². The van der Waals surface area contributed by atoms with Crippen LogP contribution < -0.4 is 10.0 Å². The average Bonchev–Trinajstić information content (AvgIpc) is 2.73. The fraction of sp³-hybridized carbons (Fsp3) is 0.130. The van der Waals surface area contributed by atoms with E-state index in [4.69, 9.17) is 11.6 Å². The molecule has 0 heterocycles. The van der Waals surface area contributed by atoms with E-state index in [0.29, 0.717) is 10.6 Å². The Bertz CT molecular complexity index is 1260. The lowest BCUT2D eigenvalue weighted by atomic mass is 10.0. The number of amides is 1. The molecule has 0 unspecified atom stereocenters. The summed E-state index contributed by atoms with van der Waals surface area (Å²) in [5.74, 6) is -1.02. The minimum absolute atomic E-state index is 0.0238. The molecule has 1 amide bonds. The molecule has 32 heavy (non-hydrogen) atoms. The van der Waals surface area contributed by atoms with E-state index < -0.39 is 15.9 Å². The highest BCUT2D eigenvalue weighted by molar-refractivity contribution is 7.92. The minimum atomic E-state index is -4.00. The van der Waals surface area contributed by atoms with Crippen LogP contribution in [0.25, 0.3) is 0 Å². The van der Waals surface area contributed by atoms with Gasteiger partial charge in [0, 0.05) is 23.4 Å². The maximum absolute atomic E-state index is 12.7. The zero-order chi connectivity index (χ0) is 23.3. The quantitative estimate of drug-likeness (QED) is 0.323. The Kier molecular flexibility index (Phi) is 7.17. The first-order chi connectivity index (χ1) is 15.1. The van der Waals surface area contributed by atoms with Gasteiger partial charge in [0.15, 0.2) is 5.78 Å². The van der Waals surface area contributed by atoms with Gasteiger partial charge in [-0.25, -0.2) is 8.42 Å². The number of ketones is 1. The molecule has 0 saturated heterocycles. The van der Waals surface area contributed by atoms with Crippen LogP contribution in [0.3, 0.4) is 0 Å². The molecule has 3 aromatic carbocycles. The summed E-state index contributed by atoms with van der Waals surface area (Å²) in [6.07, 6.45) is -0.145. The first-order valence-electron chi connectivity index (χ1n) is 9.65. The van der Waals surface area contributed by atoms with Gasteiger partial charge in [-0.3, -0.25) is 14.3 Å². The maximum Gasteiger partial charge on any atom is 0.261 e. The van der Waals surface area contributed by atoms with Crippen LogP contribution in [0.1, 0.15) is 28.8 Å². The lowest BCUT2D eigenvalue weighted by Gasteiger charge is -2.12. The number of aryl methyl sites for hydroxylation is 1. The molecule has 0 saturated carbocycles. The topological polar surface area (TPSA) is 113 Å². The molecule has 0 bridgehead atoms. The van der Waals surface area contributed by atoms with E-state index in [1.165, 1.54) is 24.3 Å². The number of sulfonamides is 1. The molecule has 3 rings (SSSR count). The number of phenols is 1. The van der Waals surface area contributed by atoms with Crippen LogP contribution in [0.15, 0.2) is 71.6 Å². The molecular weight excluding hydrogens is 452 g/mol. The SMILES string of the molecule is Cc1ccc(C(=O)CCC(=O)Nc2cc(S(=O)(=O)Nc3cccc(Cl)c3)ccc2O)cc1. The molecule has 0 radical (unpaired) electrons. The van der Waals surface area contributed by atoms with Gasteiger partial charge in [-0.1, -0.05) is 47.5 Å². The van der Waals surface area contributed by atoms with Crippen LogP contribution >= 0.6 is 11.6 Å². The van der Waals surface area contributed by atoms with Crippen molar-refractivity contribution in [1.29, 1.82) is 0 Å². The minimum Gasteiger partial charge on any atom is -0.506 e. The van der Waals surface area contributed by atoms with Gasteiger partial charge in [0.05, 0.1) is 16.3 Å². The Morgan fingerprint density at radius 3 is 2.38 bits per heavy atom. The summed E-state index contributed by atoms with van der Waals surface area (Å²) in [5.41, 5.74) is 1.72. The number of halogens is 1. The Hall–Kier alpha value is -3.36. The summed E-state index contributed by atoms with van der Waals surface area (Å²) < 4.78 is 27.7. The van der Waals surface area contributed by atoms with Gasteiger partial charge in [-0.15, -0.1) is 0 Å². The molecule has 0 atom stereocenters. The van der Waals surface area contributed by atoms with E-state index in [1.54, 1.807) is 24.3 Å². The summed E-state index contributed by atoms with van der Waals surface area (Å²) in [6.45, 7) is 1.91. The van der Waals surface area contributed by atoms with Crippen LogP contribution in [0.5, 0.6) is 5.75 Å². The number of aromatic hydroxyl groups is 1. The second kappa shape index (κ2) is 9.84. The van der Waals surface area contributed by atoms with E-state index in [9.17, 15) is 23.1 Å². The molecule has 7 nitrogen and oxygen atoms in total. The Balaban J connectivity index is 1.67. The van der Waals surface area contributed by atoms with Gasteiger partial charge >= 0.3 is 0 Å². The summed E-state index contributed by atoms with van der Waals surface area (Å²) in [7, 11) is -4.00. The molecule has 0 aromatic heterocycles. The number of nitrogens with one attached hydrogen (secondary N) is 2. The van der Waals surface area contributed by atoms with Crippen molar-refractivity contribution in [3.05, 3.63) is 82.9 Å². The second-order valence-electron chi connectivity index (χ2n) is 7.13. The van der Waals surface area contributed by atoms with Crippen molar-refractivity contribution < 1.29 is 23.1 Å². The lowest BCUT2D eigenvalue weighted by molar-refractivity contribution is -0.116. The number of hydrogen-bond acceptors (Lipinski definition) is 5. The first-order valence-corrected chi connectivity index (χ1v) is 11.5. The summed E-state index contributed by atoms with van der Waals surface area (Å²) >= 11 is 5.88. The summed E-state index contributed by atoms with van der Waals surface area (Å²) in [6, 6.07) is 16.7. The number of phenolic OH excluding ortho intramolecular Hbond substituents is 1. The molecule has 0 aliphatic carbocycles. The molecule has 3 N–H and O–H groups in total. The van der Waals surface area contributed by atoms with Gasteiger partial charge < -0.3 is 10.4 Å². The van der Waals surface area contributed by atoms with Gasteiger partial charge in [0.25, 0.3) is 10.0 Å². The fourth-order valence-corrected chi connectivity index (χ4v) is 4.14. The standard InChI is InChI=1S/C23H21ClN2O5S/c1-15-5-7-16(8-6-15)21(27)11-12-23(29)25-20-14-19(9-10-22(20)28)32(30,31)26-18-4-2-3-17(24)13-18/h2-10,13-14,26,28H,11-12H2,1H3,(H,25,29). The zero-order valence-corrected chi connectivity index (χ0v) is 18.7. The van der Waals surface area contributed by atoms with E-state index >= 15 is 0 Å². The smallest absolute Gasteiger partial charge is 0.261 e. The van der Waals surface area contributed by atoms with Crippen LogP contribution in [-0.2, 0) is 14.8 Å². The highest BCUT2D eigenvalue weighted by Gasteiger charge is 2.18. The molecule has 0 spiro atoms. The van der Waals surface area contributed by atoms with Crippen LogP contribution in [-0.4, -0.2) is 25.2 Å². The molecule has 166 valence electrons. The maximum atomic E-state index is 12.7. The molecule has 9 heteroatoms. The molecule has 0 aliphatic rings. The highest BCUT2D eigenvalue weighted by atomic mass is 35.5. The Labute approximate surface area is 191 Å². The lowest BCUT2D eigenvalue weighted by Crippen LogP contribution is -2.16. The van der Waals surface area contributed by atoms with E-state index in [1.807, 2.05) is 19.1 Å². The number of carbonyl (C=O) groups is 2. The molecule has 0 aliphatic heterocycles. The molecule has 0 fully saturated rings. The van der Waals surface area contributed by atoms with Crippen molar-refractivity contribution in [3.63, 3.8) is 0 Å². The number of anilines is 2. The van der Waals surface area contributed by atoms with Crippen LogP contribution in [0.4, 0.5) is 11.4 Å².